The first-order chi connectivity index (χ1) is 40.6. The second kappa shape index (κ2) is 56.8. The third-order valence-corrected chi connectivity index (χ3v) is 13.1. The fraction of sp³-hybridized carbons (Fsp3) is 0.577. The van der Waals surface area contributed by atoms with Gasteiger partial charge in [-0.1, -0.05) is 224 Å². The van der Waals surface area contributed by atoms with Crippen molar-refractivity contribution >= 4 is 23.9 Å². The van der Waals surface area contributed by atoms with E-state index in [0.717, 1.165) is 122 Å². The van der Waals surface area contributed by atoms with Crippen molar-refractivity contribution in [2.24, 2.45) is 0 Å². The van der Waals surface area contributed by atoms with Crippen LogP contribution < -0.4 is 0 Å². The molecule has 464 valence electrons. The average Bonchev–Trinajstić information content (AvgIpc) is 3.59. The van der Waals surface area contributed by atoms with Crippen LogP contribution in [0.1, 0.15) is 213 Å². The average molecular weight is 1150 g/mol. The van der Waals surface area contributed by atoms with Gasteiger partial charge in [0.05, 0.1) is 6.61 Å². The number of aliphatic hydroxyl groups excluding tert-OH is 2. The van der Waals surface area contributed by atoms with Crippen LogP contribution in [-0.2, 0) is 42.9 Å². The molecule has 0 aromatic carbocycles. The summed E-state index contributed by atoms with van der Waals surface area (Å²) in [5.41, 5.74) is 0. The lowest BCUT2D eigenvalue weighted by molar-refractivity contribution is -0.301. The van der Waals surface area contributed by atoms with Crippen molar-refractivity contribution in [3.05, 3.63) is 158 Å². The molecule has 1 aliphatic heterocycles. The van der Waals surface area contributed by atoms with Crippen molar-refractivity contribution in [3.63, 3.8) is 0 Å². The largest absolute Gasteiger partial charge is 0.479 e. The van der Waals surface area contributed by atoms with E-state index < -0.39 is 67.3 Å². The van der Waals surface area contributed by atoms with E-state index in [1.807, 2.05) is 24.3 Å². The first kappa shape index (κ1) is 75.4. The van der Waals surface area contributed by atoms with E-state index in [1.54, 1.807) is 0 Å². The number of esters is 3. The van der Waals surface area contributed by atoms with Crippen LogP contribution in [0.25, 0.3) is 0 Å². The molecule has 12 heteroatoms. The van der Waals surface area contributed by atoms with Crippen LogP contribution in [-0.4, -0.2) is 89.2 Å². The highest BCUT2D eigenvalue weighted by Crippen LogP contribution is 2.26. The molecule has 83 heavy (non-hydrogen) atoms. The van der Waals surface area contributed by atoms with Gasteiger partial charge < -0.3 is 39.0 Å². The first-order valence-corrected chi connectivity index (χ1v) is 31.5. The molecule has 6 atom stereocenters. The lowest BCUT2D eigenvalue weighted by Crippen LogP contribution is -2.61. The molecule has 1 rings (SSSR count). The van der Waals surface area contributed by atoms with Gasteiger partial charge in [0.15, 0.2) is 24.6 Å². The number of carbonyl (C=O) groups is 4. The quantitative estimate of drug-likeness (QED) is 0.0228. The normalized spacial score (nSPS) is 18.7. The van der Waals surface area contributed by atoms with E-state index >= 15 is 0 Å². The number of hydrogen-bond acceptors (Lipinski definition) is 11. The second-order valence-corrected chi connectivity index (χ2v) is 20.6. The minimum atomic E-state index is -1.94. The van der Waals surface area contributed by atoms with Gasteiger partial charge in [0.2, 0.25) is 0 Å². The van der Waals surface area contributed by atoms with Crippen molar-refractivity contribution in [2.45, 2.75) is 250 Å². The molecular formula is C71H108O12. The molecule has 0 aromatic rings. The maximum atomic E-state index is 13.2. The summed E-state index contributed by atoms with van der Waals surface area (Å²) < 4.78 is 28.3. The standard InChI is InChI=1S/C71H108O12/c1-4-7-10-13-16-19-22-25-28-31-32-35-36-39-42-45-48-51-54-57-63(72)79-60-62(81-64(73)58-55-52-49-46-43-40-37-33-29-26-23-20-17-14-11-8-5-2)61-80-71-69(67(76)66(75)68(83-71)70(77)78)82-65(74)59-56-53-50-47-44-41-38-34-30-27-24-21-18-15-12-9-6-3/h7,9-10,12,16-21,25-30,32,35,38-39,41-42,47-48,50-51,62,66-69,71,75-76H,4-6,8,11,13-15,22-24,31,33-34,36-37,40,43-46,49,52-61H2,1-3H3,(H,77,78)/b10-7-,12-9-,19-16-,20-17-,21-18-,28-25-,29-26-,30-27-,35-32-,41-38-,42-39-,50-47-,51-48-. The Labute approximate surface area is 501 Å². The van der Waals surface area contributed by atoms with Gasteiger partial charge in [0.1, 0.15) is 18.8 Å². The van der Waals surface area contributed by atoms with E-state index in [4.69, 9.17) is 23.7 Å². The maximum absolute atomic E-state index is 13.2. The molecule has 1 aliphatic rings. The highest BCUT2D eigenvalue weighted by Gasteiger charge is 2.50. The van der Waals surface area contributed by atoms with Crippen LogP contribution in [0, 0.1) is 0 Å². The molecule has 0 radical (unpaired) electrons. The Morgan fingerprint density at radius 2 is 0.795 bits per heavy atom. The Balaban J connectivity index is 2.78. The summed E-state index contributed by atoms with van der Waals surface area (Å²) in [7, 11) is 0. The molecule has 0 bridgehead atoms. The number of ether oxygens (including phenoxy) is 5. The van der Waals surface area contributed by atoms with E-state index in [9.17, 15) is 34.5 Å². The van der Waals surface area contributed by atoms with E-state index in [1.165, 1.54) is 19.3 Å². The van der Waals surface area contributed by atoms with Crippen LogP contribution in [0.3, 0.4) is 0 Å². The van der Waals surface area contributed by atoms with E-state index in [0.29, 0.717) is 32.1 Å². The molecule has 0 aromatic heterocycles. The van der Waals surface area contributed by atoms with Crippen molar-refractivity contribution in [2.75, 3.05) is 13.2 Å². The van der Waals surface area contributed by atoms with Gasteiger partial charge in [-0.15, -0.1) is 0 Å². The van der Waals surface area contributed by atoms with Crippen molar-refractivity contribution in [1.82, 2.24) is 0 Å². The highest BCUT2D eigenvalue weighted by atomic mass is 16.7. The zero-order valence-corrected chi connectivity index (χ0v) is 51.1. The summed E-state index contributed by atoms with van der Waals surface area (Å²) in [4.78, 5) is 51.3. The zero-order chi connectivity index (χ0) is 60.3. The maximum Gasteiger partial charge on any atom is 0.335 e. The summed E-state index contributed by atoms with van der Waals surface area (Å²) in [6.45, 7) is 5.64. The third-order valence-electron chi connectivity index (χ3n) is 13.1. The van der Waals surface area contributed by atoms with Gasteiger partial charge in [-0.2, -0.15) is 0 Å². The van der Waals surface area contributed by atoms with Gasteiger partial charge >= 0.3 is 23.9 Å². The number of carbonyl (C=O) groups excluding carboxylic acids is 3. The lowest BCUT2D eigenvalue weighted by atomic mass is 9.98. The lowest BCUT2D eigenvalue weighted by Gasteiger charge is -2.40. The predicted octanol–water partition coefficient (Wildman–Crippen LogP) is 16.9. The molecule has 12 nitrogen and oxygen atoms in total. The summed E-state index contributed by atoms with van der Waals surface area (Å²) >= 11 is 0. The van der Waals surface area contributed by atoms with Crippen LogP contribution in [0.2, 0.25) is 0 Å². The fourth-order valence-electron chi connectivity index (χ4n) is 8.34. The highest BCUT2D eigenvalue weighted by molar-refractivity contribution is 5.74. The molecule has 0 spiro atoms. The number of aliphatic hydroxyl groups is 2. The smallest absolute Gasteiger partial charge is 0.335 e. The monoisotopic (exact) mass is 1150 g/mol. The van der Waals surface area contributed by atoms with E-state index in [-0.39, 0.29) is 25.9 Å². The molecule has 3 N–H and O–H groups in total. The first-order valence-electron chi connectivity index (χ1n) is 31.5. The van der Waals surface area contributed by atoms with Crippen LogP contribution in [0.15, 0.2) is 158 Å². The van der Waals surface area contributed by atoms with Gasteiger partial charge in [0, 0.05) is 19.3 Å². The Morgan fingerprint density at radius 3 is 1.24 bits per heavy atom. The van der Waals surface area contributed by atoms with Crippen molar-refractivity contribution in [3.8, 4) is 0 Å². The summed E-state index contributed by atoms with van der Waals surface area (Å²) in [5.74, 6) is -3.34. The number of aliphatic carboxylic acids is 1. The summed E-state index contributed by atoms with van der Waals surface area (Å²) in [6, 6.07) is 0. The number of carboxylic acids is 1. The van der Waals surface area contributed by atoms with Crippen molar-refractivity contribution in [1.29, 1.82) is 0 Å². The predicted molar refractivity (Wildman–Crippen MR) is 339 cm³/mol. The molecule has 0 aliphatic carbocycles. The minimum absolute atomic E-state index is 0.0351. The Kier molecular flexibility index (Phi) is 51.6. The van der Waals surface area contributed by atoms with Gasteiger partial charge in [0.25, 0.3) is 0 Å². The third kappa shape index (κ3) is 46.4. The topological polar surface area (TPSA) is 175 Å². The second-order valence-electron chi connectivity index (χ2n) is 20.6. The molecule has 0 amide bonds. The summed E-state index contributed by atoms with van der Waals surface area (Å²) in [5, 5.41) is 31.5. The van der Waals surface area contributed by atoms with Crippen molar-refractivity contribution < 1.29 is 58.2 Å². The van der Waals surface area contributed by atoms with Crippen LogP contribution in [0.4, 0.5) is 0 Å². The summed E-state index contributed by atoms with van der Waals surface area (Å²) in [6.07, 6.45) is 70.7. The Morgan fingerprint density at radius 1 is 0.410 bits per heavy atom. The van der Waals surface area contributed by atoms with Gasteiger partial charge in [-0.05, 0) is 128 Å². The SMILES string of the molecule is CC/C=C\C/C=C\C/C=C\C/C=C\C/C=C\C/C=C\CCC(=O)OCC(COC1OC(C(=O)O)C(O)C(O)C1OC(=O)CCC/C=C\C/C=C\C/C=C\C/C=C\C/C=C\CC)OC(=O)CCCCCCCCC/C=C\C/C=C\CCCCC. The minimum Gasteiger partial charge on any atom is -0.479 e. The van der Waals surface area contributed by atoms with Gasteiger partial charge in [-0.25, -0.2) is 4.79 Å². The van der Waals surface area contributed by atoms with Crippen LogP contribution in [0.5, 0.6) is 0 Å². The number of unbranched alkanes of at least 4 members (excludes halogenated alkanes) is 11. The molecule has 1 saturated heterocycles. The molecule has 1 fully saturated rings. The molecule has 1 heterocycles. The Hall–Kier alpha value is -5.66. The molecular weight excluding hydrogens is 1040 g/mol. The fourth-order valence-corrected chi connectivity index (χ4v) is 8.34. The molecule has 0 saturated carbocycles. The number of allylic oxidation sites excluding steroid dienone is 26. The number of hydrogen-bond donors (Lipinski definition) is 3. The zero-order valence-electron chi connectivity index (χ0n) is 51.1. The van der Waals surface area contributed by atoms with E-state index in [2.05, 4.69) is 154 Å². The van der Waals surface area contributed by atoms with Gasteiger partial charge in [-0.3, -0.25) is 14.4 Å². The number of carboxylic acid groups (broad SMARTS) is 1. The Bertz CT molecular complexity index is 2050. The van der Waals surface area contributed by atoms with Crippen LogP contribution >= 0.6 is 0 Å². The molecule has 6 unspecified atom stereocenters. The number of rotatable bonds is 51.